The molecular formula is C20H21ClN2O2. The lowest BCUT2D eigenvalue weighted by atomic mass is 10.0. The smallest absolute Gasteiger partial charge is 0.411 e. The average Bonchev–Trinajstić information content (AvgIpc) is 2.94. The number of carbonyl (C=O) groups excluding carboxylic acids is 1. The van der Waals surface area contributed by atoms with Crippen molar-refractivity contribution in [3.63, 3.8) is 0 Å². The quantitative estimate of drug-likeness (QED) is 0.827. The minimum absolute atomic E-state index is 0.00270. The third-order valence-corrected chi connectivity index (χ3v) is 5.24. The Balaban J connectivity index is 1.46. The van der Waals surface area contributed by atoms with Gasteiger partial charge in [-0.25, -0.2) is 4.79 Å². The Morgan fingerprint density at radius 2 is 1.84 bits per heavy atom. The first-order valence-corrected chi connectivity index (χ1v) is 9.14. The number of piperidine rings is 1. The van der Waals surface area contributed by atoms with Crippen LogP contribution in [0.2, 0.25) is 5.02 Å². The SMILES string of the molecule is O=C(Nc1ccccc1-c1cccc(Cl)c1)OC1CC2CCC(C1)N2. The van der Waals surface area contributed by atoms with Crippen molar-refractivity contribution in [3.05, 3.63) is 53.6 Å². The molecular weight excluding hydrogens is 336 g/mol. The number of amides is 1. The molecule has 130 valence electrons. The largest absolute Gasteiger partial charge is 0.446 e. The zero-order chi connectivity index (χ0) is 17.2. The molecule has 0 aliphatic carbocycles. The van der Waals surface area contributed by atoms with Crippen LogP contribution in [0.4, 0.5) is 10.5 Å². The van der Waals surface area contributed by atoms with Gasteiger partial charge in [-0.1, -0.05) is 41.9 Å². The lowest BCUT2D eigenvalue weighted by Crippen LogP contribution is -2.42. The summed E-state index contributed by atoms with van der Waals surface area (Å²) in [6, 6.07) is 16.3. The summed E-state index contributed by atoms with van der Waals surface area (Å²) in [5, 5.41) is 7.12. The normalized spacial score (nSPS) is 24.8. The summed E-state index contributed by atoms with van der Waals surface area (Å²) in [7, 11) is 0. The van der Waals surface area contributed by atoms with Crippen molar-refractivity contribution >= 4 is 23.4 Å². The minimum Gasteiger partial charge on any atom is -0.446 e. The van der Waals surface area contributed by atoms with Crippen molar-refractivity contribution in [1.29, 1.82) is 0 Å². The maximum atomic E-state index is 12.4. The van der Waals surface area contributed by atoms with E-state index < -0.39 is 0 Å². The second-order valence-corrected chi connectivity index (χ2v) is 7.25. The molecule has 2 atom stereocenters. The van der Waals surface area contributed by atoms with Crippen molar-refractivity contribution in [1.82, 2.24) is 5.32 Å². The molecule has 2 aliphatic rings. The van der Waals surface area contributed by atoms with Crippen molar-refractivity contribution in [2.45, 2.75) is 43.9 Å². The summed E-state index contributed by atoms with van der Waals surface area (Å²) in [6.07, 6.45) is 3.78. The van der Waals surface area contributed by atoms with E-state index in [-0.39, 0.29) is 12.2 Å². The van der Waals surface area contributed by atoms with Gasteiger partial charge >= 0.3 is 6.09 Å². The molecule has 2 aliphatic heterocycles. The van der Waals surface area contributed by atoms with Gasteiger partial charge in [-0.2, -0.15) is 0 Å². The Hall–Kier alpha value is -2.04. The first-order chi connectivity index (χ1) is 12.2. The van der Waals surface area contributed by atoms with E-state index in [4.69, 9.17) is 16.3 Å². The van der Waals surface area contributed by atoms with E-state index in [9.17, 15) is 4.79 Å². The Labute approximate surface area is 152 Å². The number of nitrogens with one attached hydrogen (secondary N) is 2. The summed E-state index contributed by atoms with van der Waals surface area (Å²) in [4.78, 5) is 12.4. The van der Waals surface area contributed by atoms with Crippen LogP contribution in [0.15, 0.2) is 48.5 Å². The lowest BCUT2D eigenvalue weighted by molar-refractivity contribution is 0.0774. The van der Waals surface area contributed by atoms with E-state index in [0.717, 1.165) is 29.7 Å². The second kappa shape index (κ2) is 7.06. The first kappa shape index (κ1) is 16.4. The Bertz CT molecular complexity index is 768. The van der Waals surface area contributed by atoms with Crippen LogP contribution < -0.4 is 10.6 Å². The number of hydrogen-bond donors (Lipinski definition) is 2. The minimum atomic E-state index is -0.388. The van der Waals surface area contributed by atoms with Gasteiger partial charge in [-0.3, -0.25) is 5.32 Å². The van der Waals surface area contributed by atoms with Crippen LogP contribution in [0.5, 0.6) is 0 Å². The van der Waals surface area contributed by atoms with Crippen LogP contribution in [0.1, 0.15) is 25.7 Å². The van der Waals surface area contributed by atoms with Gasteiger partial charge in [0, 0.05) is 22.7 Å². The van der Waals surface area contributed by atoms with Crippen LogP contribution in [-0.4, -0.2) is 24.3 Å². The second-order valence-electron chi connectivity index (χ2n) is 6.82. The molecule has 0 radical (unpaired) electrons. The van der Waals surface area contributed by atoms with Crippen molar-refractivity contribution < 1.29 is 9.53 Å². The Kier molecular flexibility index (Phi) is 4.64. The summed E-state index contributed by atoms with van der Waals surface area (Å²) < 4.78 is 5.67. The van der Waals surface area contributed by atoms with Crippen molar-refractivity contribution in [2.24, 2.45) is 0 Å². The van der Waals surface area contributed by atoms with Gasteiger partial charge in [0.2, 0.25) is 0 Å². The number of hydrogen-bond acceptors (Lipinski definition) is 3. The summed E-state index contributed by atoms with van der Waals surface area (Å²) >= 11 is 6.10. The average molecular weight is 357 g/mol. The molecule has 2 unspecified atom stereocenters. The molecule has 2 N–H and O–H groups in total. The van der Waals surface area contributed by atoms with Gasteiger partial charge in [0.05, 0.1) is 5.69 Å². The number of rotatable bonds is 3. The zero-order valence-electron chi connectivity index (χ0n) is 13.9. The predicted octanol–water partition coefficient (Wildman–Crippen LogP) is 4.84. The highest BCUT2D eigenvalue weighted by Gasteiger charge is 2.35. The molecule has 5 heteroatoms. The van der Waals surface area contributed by atoms with Crippen molar-refractivity contribution in [3.8, 4) is 11.1 Å². The number of benzene rings is 2. The van der Waals surface area contributed by atoms with Gasteiger partial charge in [0.15, 0.2) is 0 Å². The van der Waals surface area contributed by atoms with Gasteiger partial charge in [-0.05, 0) is 49.4 Å². The molecule has 4 rings (SSSR count). The standard InChI is InChI=1S/C20H21ClN2O2/c21-14-5-3-4-13(10-14)18-6-1-2-7-19(18)23-20(24)25-17-11-15-8-9-16(12-17)22-15/h1-7,10,15-17,22H,8-9,11-12H2,(H,23,24). The maximum Gasteiger partial charge on any atom is 0.411 e. The monoisotopic (exact) mass is 356 g/mol. The van der Waals surface area contributed by atoms with Gasteiger partial charge in [0.1, 0.15) is 6.10 Å². The molecule has 25 heavy (non-hydrogen) atoms. The van der Waals surface area contributed by atoms with E-state index in [1.54, 1.807) is 0 Å². The van der Waals surface area contributed by atoms with Gasteiger partial charge in [0.25, 0.3) is 0 Å². The molecule has 0 aromatic heterocycles. The predicted molar refractivity (Wildman–Crippen MR) is 100.0 cm³/mol. The first-order valence-electron chi connectivity index (χ1n) is 8.76. The molecule has 2 bridgehead atoms. The highest BCUT2D eigenvalue weighted by Crippen LogP contribution is 2.31. The van der Waals surface area contributed by atoms with Gasteiger partial charge < -0.3 is 10.1 Å². The third kappa shape index (κ3) is 3.80. The van der Waals surface area contributed by atoms with Crippen LogP contribution in [-0.2, 0) is 4.74 Å². The maximum absolute atomic E-state index is 12.4. The topological polar surface area (TPSA) is 50.4 Å². The third-order valence-electron chi connectivity index (χ3n) is 5.00. The van der Waals surface area contributed by atoms with E-state index in [1.807, 2.05) is 48.5 Å². The molecule has 2 saturated heterocycles. The highest BCUT2D eigenvalue weighted by molar-refractivity contribution is 6.30. The van der Waals surface area contributed by atoms with E-state index in [2.05, 4.69) is 10.6 Å². The van der Waals surface area contributed by atoms with Crippen LogP contribution in [0, 0.1) is 0 Å². The zero-order valence-corrected chi connectivity index (χ0v) is 14.6. The number of para-hydroxylation sites is 1. The lowest BCUT2D eigenvalue weighted by Gasteiger charge is -2.28. The van der Waals surface area contributed by atoms with Crippen LogP contribution in [0.25, 0.3) is 11.1 Å². The van der Waals surface area contributed by atoms with Crippen LogP contribution >= 0.6 is 11.6 Å². The molecule has 0 spiro atoms. The van der Waals surface area contributed by atoms with Crippen molar-refractivity contribution in [2.75, 3.05) is 5.32 Å². The fourth-order valence-corrected chi connectivity index (χ4v) is 4.08. The molecule has 2 heterocycles. The molecule has 0 saturated carbocycles. The number of anilines is 1. The number of ether oxygens (including phenoxy) is 1. The van der Waals surface area contributed by atoms with Gasteiger partial charge in [-0.15, -0.1) is 0 Å². The number of halogens is 1. The highest BCUT2D eigenvalue weighted by atomic mass is 35.5. The summed E-state index contributed by atoms with van der Waals surface area (Å²) in [6.45, 7) is 0. The summed E-state index contributed by atoms with van der Waals surface area (Å²) in [5.74, 6) is 0. The fraction of sp³-hybridized carbons (Fsp3) is 0.350. The molecule has 1 amide bonds. The van der Waals surface area contributed by atoms with E-state index >= 15 is 0 Å². The van der Waals surface area contributed by atoms with Crippen LogP contribution in [0.3, 0.4) is 0 Å². The summed E-state index contributed by atoms with van der Waals surface area (Å²) in [5.41, 5.74) is 2.61. The van der Waals surface area contributed by atoms with E-state index in [0.29, 0.717) is 17.1 Å². The molecule has 2 aromatic rings. The molecule has 2 aromatic carbocycles. The number of fused-ring (bicyclic) bond motifs is 2. The Morgan fingerprint density at radius 1 is 1.08 bits per heavy atom. The molecule has 4 nitrogen and oxygen atoms in total. The van der Waals surface area contributed by atoms with E-state index in [1.165, 1.54) is 12.8 Å². The molecule has 2 fully saturated rings. The fourth-order valence-electron chi connectivity index (χ4n) is 3.89. The Morgan fingerprint density at radius 3 is 2.60 bits per heavy atom. The number of carbonyl (C=O) groups is 1.